The van der Waals surface area contributed by atoms with Gasteiger partial charge in [-0.25, -0.2) is 4.79 Å². The number of fused-ring (bicyclic) bond motifs is 1. The highest BCUT2D eigenvalue weighted by atomic mass is 16.5. The van der Waals surface area contributed by atoms with Crippen LogP contribution in [-0.2, 0) is 20.9 Å². The van der Waals surface area contributed by atoms with Gasteiger partial charge in [0.25, 0.3) is 0 Å². The van der Waals surface area contributed by atoms with Crippen LogP contribution in [0.5, 0.6) is 0 Å². The number of ether oxygens (including phenoxy) is 1. The zero-order valence-electron chi connectivity index (χ0n) is 14.5. The number of carbonyl (C=O) groups excluding carboxylic acids is 2. The third-order valence-electron chi connectivity index (χ3n) is 5.14. The number of benzene rings is 1. The minimum atomic E-state index is -0.684. The summed E-state index contributed by atoms with van der Waals surface area (Å²) in [6, 6.07) is 7.77. The molecule has 8 nitrogen and oxygen atoms in total. The topological polar surface area (TPSA) is 121 Å². The molecule has 26 heavy (non-hydrogen) atoms. The molecule has 1 aromatic carbocycles. The zero-order valence-corrected chi connectivity index (χ0v) is 14.5. The lowest BCUT2D eigenvalue weighted by atomic mass is 9.95. The summed E-state index contributed by atoms with van der Waals surface area (Å²) in [7, 11) is 0. The normalized spacial score (nSPS) is 28.5. The van der Waals surface area contributed by atoms with E-state index in [1.165, 1.54) is 0 Å². The van der Waals surface area contributed by atoms with Gasteiger partial charge in [0.2, 0.25) is 5.91 Å². The second-order valence-corrected chi connectivity index (χ2v) is 6.86. The van der Waals surface area contributed by atoms with Crippen molar-refractivity contribution in [2.45, 2.75) is 62.9 Å². The number of nitrogens with two attached hydrogens (primary N) is 1. The number of carbonyl (C=O) groups is 2. The van der Waals surface area contributed by atoms with Crippen molar-refractivity contribution in [1.29, 1.82) is 0 Å². The number of azide groups is 1. The molecule has 2 aliphatic rings. The fourth-order valence-corrected chi connectivity index (χ4v) is 3.80. The van der Waals surface area contributed by atoms with Crippen molar-refractivity contribution in [3.05, 3.63) is 46.3 Å². The lowest BCUT2D eigenvalue weighted by Crippen LogP contribution is -2.53. The number of esters is 1. The first-order chi connectivity index (χ1) is 12.6. The number of hydrogen-bond acceptors (Lipinski definition) is 5. The lowest BCUT2D eigenvalue weighted by Gasteiger charge is -2.35. The molecule has 2 saturated heterocycles. The summed E-state index contributed by atoms with van der Waals surface area (Å²) in [5.74, 6) is -0.619. The molecule has 0 radical (unpaired) electrons. The van der Waals surface area contributed by atoms with Crippen LogP contribution in [0.2, 0.25) is 0 Å². The van der Waals surface area contributed by atoms with Crippen molar-refractivity contribution in [2.24, 2.45) is 10.8 Å². The average Bonchev–Trinajstić information content (AvgIpc) is 3.06. The summed E-state index contributed by atoms with van der Waals surface area (Å²) >= 11 is 0. The van der Waals surface area contributed by atoms with Crippen molar-refractivity contribution in [1.82, 2.24) is 4.90 Å². The van der Waals surface area contributed by atoms with E-state index in [4.69, 9.17) is 16.0 Å². The second-order valence-electron chi connectivity index (χ2n) is 6.86. The second kappa shape index (κ2) is 8.21. The molecule has 0 spiro atoms. The molecule has 1 amide bonds. The fourth-order valence-electron chi connectivity index (χ4n) is 3.80. The Kier molecular flexibility index (Phi) is 5.75. The van der Waals surface area contributed by atoms with Gasteiger partial charge in [0.1, 0.15) is 12.6 Å². The zero-order chi connectivity index (χ0) is 18.5. The van der Waals surface area contributed by atoms with Crippen molar-refractivity contribution in [3.8, 4) is 0 Å². The van der Waals surface area contributed by atoms with Gasteiger partial charge in [-0.1, -0.05) is 35.4 Å². The summed E-state index contributed by atoms with van der Waals surface area (Å²) in [6.07, 6.45) is 2.81. The Morgan fingerprint density at radius 1 is 1.27 bits per heavy atom. The van der Waals surface area contributed by atoms with Crippen LogP contribution >= 0.6 is 0 Å². The molecule has 8 heteroatoms. The summed E-state index contributed by atoms with van der Waals surface area (Å²) in [4.78, 5) is 29.8. The van der Waals surface area contributed by atoms with Gasteiger partial charge < -0.3 is 15.4 Å². The van der Waals surface area contributed by atoms with Crippen molar-refractivity contribution >= 4 is 11.9 Å². The van der Waals surface area contributed by atoms with Crippen molar-refractivity contribution < 1.29 is 14.3 Å². The summed E-state index contributed by atoms with van der Waals surface area (Å²) in [5.41, 5.74) is 15.6. The van der Waals surface area contributed by atoms with Gasteiger partial charge in [-0.3, -0.25) is 4.79 Å². The Balaban J connectivity index is 1.71. The minimum absolute atomic E-state index is 0.140. The SMILES string of the molecule is [N-]=[N+]=N[C@@H]1CC[C@H](N)C(=O)N2[C@H](CC[C@H]2C(=O)OCc2ccccc2)C1. The summed E-state index contributed by atoms with van der Waals surface area (Å²) in [6.45, 7) is 0.177. The lowest BCUT2D eigenvalue weighted by molar-refractivity contribution is -0.156. The van der Waals surface area contributed by atoms with Crippen LogP contribution in [0.25, 0.3) is 10.4 Å². The van der Waals surface area contributed by atoms with Crippen LogP contribution < -0.4 is 5.73 Å². The van der Waals surface area contributed by atoms with Gasteiger partial charge in [0.05, 0.1) is 6.04 Å². The molecule has 0 aliphatic carbocycles. The smallest absolute Gasteiger partial charge is 0.329 e. The molecule has 2 aliphatic heterocycles. The minimum Gasteiger partial charge on any atom is -0.459 e. The van der Waals surface area contributed by atoms with Crippen molar-refractivity contribution in [2.75, 3.05) is 0 Å². The monoisotopic (exact) mass is 357 g/mol. The third kappa shape index (κ3) is 3.98. The first-order valence-corrected chi connectivity index (χ1v) is 8.92. The molecule has 0 saturated carbocycles. The summed E-state index contributed by atoms with van der Waals surface area (Å²) < 4.78 is 5.44. The maximum atomic E-state index is 12.7. The molecule has 4 atom stereocenters. The highest BCUT2D eigenvalue weighted by molar-refractivity contribution is 5.88. The average molecular weight is 357 g/mol. The molecule has 0 unspecified atom stereocenters. The van der Waals surface area contributed by atoms with E-state index in [2.05, 4.69) is 10.0 Å². The van der Waals surface area contributed by atoms with Crippen molar-refractivity contribution in [3.63, 3.8) is 0 Å². The van der Waals surface area contributed by atoms with Gasteiger partial charge in [-0.2, -0.15) is 0 Å². The Morgan fingerprint density at radius 3 is 2.77 bits per heavy atom. The molecular weight excluding hydrogens is 334 g/mol. The molecular formula is C18H23N5O3. The van der Waals surface area contributed by atoms with Crippen LogP contribution in [0.3, 0.4) is 0 Å². The first kappa shape index (κ1) is 18.2. The van der Waals surface area contributed by atoms with Crippen LogP contribution in [0, 0.1) is 0 Å². The molecule has 138 valence electrons. The third-order valence-corrected chi connectivity index (χ3v) is 5.14. The number of nitrogens with zero attached hydrogens (tertiary/aromatic N) is 4. The fraction of sp³-hybridized carbons (Fsp3) is 0.556. The Hall–Kier alpha value is -2.57. The molecule has 3 rings (SSSR count). The Labute approximate surface area is 151 Å². The highest BCUT2D eigenvalue weighted by Gasteiger charge is 2.44. The van der Waals surface area contributed by atoms with E-state index in [0.29, 0.717) is 32.1 Å². The number of rotatable bonds is 4. The first-order valence-electron chi connectivity index (χ1n) is 8.92. The number of amides is 1. The van der Waals surface area contributed by atoms with Gasteiger partial charge >= 0.3 is 5.97 Å². The van der Waals surface area contributed by atoms with Gasteiger partial charge in [-0.05, 0) is 43.2 Å². The van der Waals surface area contributed by atoms with E-state index < -0.39 is 18.1 Å². The van der Waals surface area contributed by atoms with E-state index >= 15 is 0 Å². The van der Waals surface area contributed by atoms with E-state index in [0.717, 1.165) is 5.56 Å². The standard InChI is InChI=1S/C18H23N5O3/c19-15-8-6-13(21-22-20)10-14-7-9-16(23(14)17(15)24)18(25)26-11-12-4-2-1-3-5-12/h1-5,13-16H,6-11,19H2/t13-,14-,15+,16+/m1/s1. The molecule has 0 aromatic heterocycles. The van der Waals surface area contributed by atoms with Crippen LogP contribution in [0.1, 0.15) is 37.7 Å². The van der Waals surface area contributed by atoms with E-state index in [1.54, 1.807) is 4.90 Å². The quantitative estimate of drug-likeness (QED) is 0.384. The Bertz CT molecular complexity index is 704. The van der Waals surface area contributed by atoms with E-state index in [1.807, 2.05) is 30.3 Å². The van der Waals surface area contributed by atoms with Gasteiger partial charge in [-0.15, -0.1) is 0 Å². The number of hydrogen-bond donors (Lipinski definition) is 1. The summed E-state index contributed by atoms with van der Waals surface area (Å²) in [5, 5.41) is 3.82. The van der Waals surface area contributed by atoms with Crippen LogP contribution in [-0.4, -0.2) is 40.9 Å². The maximum absolute atomic E-state index is 12.7. The van der Waals surface area contributed by atoms with Crippen LogP contribution in [0.4, 0.5) is 0 Å². The predicted molar refractivity (Wildman–Crippen MR) is 94.7 cm³/mol. The molecule has 2 heterocycles. The largest absolute Gasteiger partial charge is 0.459 e. The van der Waals surface area contributed by atoms with Gasteiger partial charge in [0, 0.05) is 17.0 Å². The molecule has 2 N–H and O–H groups in total. The van der Waals surface area contributed by atoms with E-state index in [9.17, 15) is 9.59 Å². The molecule has 0 bridgehead atoms. The predicted octanol–water partition coefficient (Wildman–Crippen LogP) is 2.28. The van der Waals surface area contributed by atoms with Gasteiger partial charge in [0.15, 0.2) is 0 Å². The Morgan fingerprint density at radius 2 is 2.04 bits per heavy atom. The molecule has 2 fully saturated rings. The molecule has 1 aromatic rings. The van der Waals surface area contributed by atoms with E-state index in [-0.39, 0.29) is 24.6 Å². The maximum Gasteiger partial charge on any atom is 0.329 e. The highest BCUT2D eigenvalue weighted by Crippen LogP contribution is 2.32. The van der Waals surface area contributed by atoms with Crippen LogP contribution in [0.15, 0.2) is 35.4 Å².